The molecule has 0 radical (unpaired) electrons. The zero-order chi connectivity index (χ0) is 7.56. The van der Waals surface area contributed by atoms with Gasteiger partial charge >= 0.3 is 0 Å². The molecule has 1 saturated carbocycles. The first kappa shape index (κ1) is 14.5. The standard InChI is InChI=1S/C7H14N2O.2ClH/c8-6-4-2-1-3-5(6)7(9)10;;/h5-6H,1-4,8H2,(H2,9,10);2*1H. The number of amides is 1. The van der Waals surface area contributed by atoms with Crippen LogP contribution in [0.2, 0.25) is 0 Å². The van der Waals surface area contributed by atoms with Crippen LogP contribution in [0.25, 0.3) is 0 Å². The minimum atomic E-state index is -0.229. The molecule has 0 aromatic carbocycles. The summed E-state index contributed by atoms with van der Waals surface area (Å²) in [5.41, 5.74) is 10.8. The number of primary amides is 1. The van der Waals surface area contributed by atoms with E-state index in [1.807, 2.05) is 0 Å². The molecule has 0 spiro atoms. The molecule has 74 valence electrons. The number of rotatable bonds is 1. The van der Waals surface area contributed by atoms with Crippen molar-refractivity contribution in [1.29, 1.82) is 0 Å². The van der Waals surface area contributed by atoms with Crippen LogP contribution in [0, 0.1) is 5.92 Å². The highest BCUT2D eigenvalue weighted by Gasteiger charge is 2.25. The minimum Gasteiger partial charge on any atom is -0.369 e. The molecule has 0 aliphatic heterocycles. The van der Waals surface area contributed by atoms with Crippen LogP contribution in [0.5, 0.6) is 0 Å². The van der Waals surface area contributed by atoms with E-state index in [0.717, 1.165) is 25.7 Å². The zero-order valence-electron chi connectivity index (χ0n) is 6.86. The molecule has 4 N–H and O–H groups in total. The van der Waals surface area contributed by atoms with Crippen LogP contribution in [-0.4, -0.2) is 11.9 Å². The Labute approximate surface area is 85.1 Å². The smallest absolute Gasteiger partial charge is 0.222 e. The normalized spacial score (nSPS) is 28.1. The number of halogens is 2. The van der Waals surface area contributed by atoms with E-state index in [1.54, 1.807) is 0 Å². The summed E-state index contributed by atoms with van der Waals surface area (Å²) in [7, 11) is 0. The van der Waals surface area contributed by atoms with Gasteiger partial charge < -0.3 is 11.5 Å². The highest BCUT2D eigenvalue weighted by Crippen LogP contribution is 2.22. The Morgan fingerprint density at radius 3 is 2.00 bits per heavy atom. The lowest BCUT2D eigenvalue weighted by Crippen LogP contribution is -2.41. The molecule has 3 nitrogen and oxygen atoms in total. The first-order valence-corrected chi connectivity index (χ1v) is 3.76. The molecule has 2 atom stereocenters. The third-order valence-corrected chi connectivity index (χ3v) is 2.18. The van der Waals surface area contributed by atoms with Crippen molar-refractivity contribution < 1.29 is 4.79 Å². The molecular weight excluding hydrogens is 199 g/mol. The maximum Gasteiger partial charge on any atom is 0.222 e. The molecule has 0 heterocycles. The van der Waals surface area contributed by atoms with Crippen LogP contribution < -0.4 is 11.5 Å². The zero-order valence-corrected chi connectivity index (χ0v) is 8.50. The molecule has 0 aromatic rings. The Hall–Kier alpha value is 0.01000. The average molecular weight is 215 g/mol. The second kappa shape index (κ2) is 6.52. The van der Waals surface area contributed by atoms with E-state index < -0.39 is 0 Å². The molecule has 0 saturated heterocycles. The average Bonchev–Trinajstić information content (AvgIpc) is 1.88. The Morgan fingerprint density at radius 2 is 1.67 bits per heavy atom. The van der Waals surface area contributed by atoms with Gasteiger partial charge in [-0.2, -0.15) is 0 Å². The molecule has 1 aliphatic carbocycles. The third kappa shape index (κ3) is 3.61. The SMILES string of the molecule is Cl.Cl.NC(=O)C1CCCCC1N. The van der Waals surface area contributed by atoms with E-state index in [9.17, 15) is 4.79 Å². The van der Waals surface area contributed by atoms with Crippen molar-refractivity contribution in [3.8, 4) is 0 Å². The number of hydrogen-bond acceptors (Lipinski definition) is 2. The number of carbonyl (C=O) groups is 1. The molecular formula is C7H16Cl2N2O. The summed E-state index contributed by atoms with van der Waals surface area (Å²) in [4.78, 5) is 10.7. The summed E-state index contributed by atoms with van der Waals surface area (Å²) in [6, 6.07) is 0.0197. The van der Waals surface area contributed by atoms with E-state index in [-0.39, 0.29) is 42.7 Å². The van der Waals surface area contributed by atoms with Crippen molar-refractivity contribution >= 4 is 30.7 Å². The Kier molecular flexibility index (Phi) is 7.89. The molecule has 1 fully saturated rings. The molecule has 12 heavy (non-hydrogen) atoms. The topological polar surface area (TPSA) is 69.1 Å². The van der Waals surface area contributed by atoms with E-state index in [0.29, 0.717) is 0 Å². The predicted molar refractivity (Wildman–Crippen MR) is 53.6 cm³/mol. The van der Waals surface area contributed by atoms with Gasteiger partial charge in [-0.1, -0.05) is 12.8 Å². The van der Waals surface area contributed by atoms with Gasteiger partial charge in [0.15, 0.2) is 0 Å². The number of nitrogens with two attached hydrogens (primary N) is 2. The quantitative estimate of drug-likeness (QED) is 0.680. The van der Waals surface area contributed by atoms with Gasteiger partial charge in [-0.25, -0.2) is 0 Å². The summed E-state index contributed by atoms with van der Waals surface area (Å²) < 4.78 is 0. The second-order valence-electron chi connectivity index (χ2n) is 2.96. The van der Waals surface area contributed by atoms with Gasteiger partial charge in [-0.05, 0) is 12.8 Å². The van der Waals surface area contributed by atoms with E-state index in [2.05, 4.69) is 0 Å². The fraction of sp³-hybridized carbons (Fsp3) is 0.857. The number of carbonyl (C=O) groups excluding carboxylic acids is 1. The fourth-order valence-electron chi connectivity index (χ4n) is 1.51. The van der Waals surface area contributed by atoms with Crippen LogP contribution in [-0.2, 0) is 4.79 Å². The van der Waals surface area contributed by atoms with E-state index in [1.165, 1.54) is 0 Å². The maximum atomic E-state index is 10.7. The molecule has 0 bridgehead atoms. The van der Waals surface area contributed by atoms with Crippen molar-refractivity contribution in [2.75, 3.05) is 0 Å². The Balaban J connectivity index is 0. The van der Waals surface area contributed by atoms with E-state index in [4.69, 9.17) is 11.5 Å². The molecule has 2 unspecified atom stereocenters. The van der Waals surface area contributed by atoms with Crippen LogP contribution in [0.1, 0.15) is 25.7 Å². The summed E-state index contributed by atoms with van der Waals surface area (Å²) >= 11 is 0. The summed E-state index contributed by atoms with van der Waals surface area (Å²) in [5.74, 6) is -0.291. The van der Waals surface area contributed by atoms with Gasteiger partial charge in [0.25, 0.3) is 0 Å². The van der Waals surface area contributed by atoms with Crippen LogP contribution in [0.4, 0.5) is 0 Å². The molecule has 1 aliphatic rings. The van der Waals surface area contributed by atoms with Gasteiger partial charge in [0.05, 0.1) is 5.92 Å². The third-order valence-electron chi connectivity index (χ3n) is 2.18. The number of hydrogen-bond donors (Lipinski definition) is 2. The molecule has 0 aromatic heterocycles. The lowest BCUT2D eigenvalue weighted by molar-refractivity contribution is -0.123. The Bertz CT molecular complexity index is 143. The first-order chi connectivity index (χ1) is 4.72. The van der Waals surface area contributed by atoms with Crippen molar-refractivity contribution in [2.45, 2.75) is 31.7 Å². The monoisotopic (exact) mass is 214 g/mol. The Morgan fingerprint density at radius 1 is 1.17 bits per heavy atom. The summed E-state index contributed by atoms with van der Waals surface area (Å²) in [5, 5.41) is 0. The summed E-state index contributed by atoms with van der Waals surface area (Å²) in [6.07, 6.45) is 4.08. The van der Waals surface area contributed by atoms with Crippen LogP contribution in [0.15, 0.2) is 0 Å². The van der Waals surface area contributed by atoms with Crippen molar-refractivity contribution in [1.82, 2.24) is 0 Å². The van der Waals surface area contributed by atoms with Crippen LogP contribution >= 0.6 is 24.8 Å². The molecule has 5 heteroatoms. The highest BCUT2D eigenvalue weighted by molar-refractivity contribution is 5.85. The maximum absolute atomic E-state index is 10.7. The van der Waals surface area contributed by atoms with Gasteiger partial charge in [0.2, 0.25) is 5.91 Å². The van der Waals surface area contributed by atoms with E-state index >= 15 is 0 Å². The van der Waals surface area contributed by atoms with Gasteiger partial charge in [0, 0.05) is 6.04 Å². The van der Waals surface area contributed by atoms with Crippen LogP contribution in [0.3, 0.4) is 0 Å². The van der Waals surface area contributed by atoms with Crippen molar-refractivity contribution in [2.24, 2.45) is 17.4 Å². The molecule has 1 rings (SSSR count). The van der Waals surface area contributed by atoms with Gasteiger partial charge in [-0.15, -0.1) is 24.8 Å². The van der Waals surface area contributed by atoms with Gasteiger partial charge in [-0.3, -0.25) is 4.79 Å². The molecule has 1 amide bonds. The second-order valence-corrected chi connectivity index (χ2v) is 2.96. The lowest BCUT2D eigenvalue weighted by Gasteiger charge is -2.25. The predicted octanol–water partition coefficient (Wildman–Crippen LogP) is 0.833. The first-order valence-electron chi connectivity index (χ1n) is 3.76. The summed E-state index contributed by atoms with van der Waals surface area (Å²) in [6.45, 7) is 0. The van der Waals surface area contributed by atoms with Crippen molar-refractivity contribution in [3.05, 3.63) is 0 Å². The largest absolute Gasteiger partial charge is 0.369 e. The lowest BCUT2D eigenvalue weighted by atomic mass is 9.85. The van der Waals surface area contributed by atoms with Gasteiger partial charge in [0.1, 0.15) is 0 Å². The minimum absolute atomic E-state index is 0. The van der Waals surface area contributed by atoms with Crippen molar-refractivity contribution in [3.63, 3.8) is 0 Å². The fourth-order valence-corrected chi connectivity index (χ4v) is 1.51. The highest BCUT2D eigenvalue weighted by atomic mass is 35.5.